The largest absolute Gasteiger partial charge is 0.363 e. The van der Waals surface area contributed by atoms with Crippen molar-refractivity contribution in [3.8, 4) is 12.3 Å². The van der Waals surface area contributed by atoms with Crippen molar-refractivity contribution in [1.82, 2.24) is 0 Å². The van der Waals surface area contributed by atoms with E-state index in [4.69, 9.17) is 11.2 Å². The third kappa shape index (κ3) is 1.24. The van der Waals surface area contributed by atoms with Crippen molar-refractivity contribution in [3.63, 3.8) is 0 Å². The van der Waals surface area contributed by atoms with E-state index in [2.05, 4.69) is 12.8 Å². The van der Waals surface area contributed by atoms with Crippen molar-refractivity contribution in [3.05, 3.63) is 0 Å². The Balaban J connectivity index is 2.12. The predicted octanol–water partition coefficient (Wildman–Crippen LogP) is 1.19. The van der Waals surface area contributed by atoms with Crippen LogP contribution in [0.3, 0.4) is 0 Å². The van der Waals surface area contributed by atoms with Crippen molar-refractivity contribution in [2.45, 2.75) is 25.4 Å². The standard InChI is InChI=1S/C7H10O/c1-3-6-8-7(2)4-5-7/h1H,4-6H2,2H3. The Morgan fingerprint density at radius 1 is 1.75 bits per heavy atom. The van der Waals surface area contributed by atoms with E-state index in [-0.39, 0.29) is 5.60 Å². The summed E-state index contributed by atoms with van der Waals surface area (Å²) in [7, 11) is 0. The molecule has 0 aromatic carbocycles. The summed E-state index contributed by atoms with van der Waals surface area (Å²) in [6, 6.07) is 0. The number of hydrogen-bond donors (Lipinski definition) is 0. The first-order chi connectivity index (χ1) is 3.77. The predicted molar refractivity (Wildman–Crippen MR) is 32.4 cm³/mol. The summed E-state index contributed by atoms with van der Waals surface area (Å²) in [5.41, 5.74) is 0.159. The van der Waals surface area contributed by atoms with Gasteiger partial charge >= 0.3 is 0 Å². The van der Waals surface area contributed by atoms with Gasteiger partial charge in [0, 0.05) is 0 Å². The minimum absolute atomic E-state index is 0.159. The summed E-state index contributed by atoms with van der Waals surface area (Å²) in [5, 5.41) is 0. The zero-order valence-corrected chi connectivity index (χ0v) is 5.11. The molecule has 1 fully saturated rings. The number of rotatable bonds is 2. The Kier molecular flexibility index (Phi) is 1.27. The monoisotopic (exact) mass is 110 g/mol. The van der Waals surface area contributed by atoms with Gasteiger partial charge in [0.25, 0.3) is 0 Å². The molecule has 0 amide bonds. The molecule has 0 aliphatic heterocycles. The molecule has 0 saturated heterocycles. The van der Waals surface area contributed by atoms with Crippen LogP contribution in [0.15, 0.2) is 0 Å². The summed E-state index contributed by atoms with van der Waals surface area (Å²) in [4.78, 5) is 0. The van der Waals surface area contributed by atoms with E-state index in [1.54, 1.807) is 0 Å². The van der Waals surface area contributed by atoms with Crippen molar-refractivity contribution in [2.75, 3.05) is 6.61 Å². The van der Waals surface area contributed by atoms with E-state index in [1.165, 1.54) is 12.8 Å². The average molecular weight is 110 g/mol. The second-order valence-electron chi connectivity index (χ2n) is 2.44. The highest BCUT2D eigenvalue weighted by Gasteiger charge is 2.38. The van der Waals surface area contributed by atoms with Crippen LogP contribution in [0, 0.1) is 12.3 Å². The Hall–Kier alpha value is -0.480. The first-order valence-electron chi connectivity index (χ1n) is 2.84. The van der Waals surface area contributed by atoms with Gasteiger partial charge in [-0.2, -0.15) is 0 Å². The molecule has 0 bridgehead atoms. The molecule has 0 N–H and O–H groups in total. The molecule has 8 heavy (non-hydrogen) atoms. The van der Waals surface area contributed by atoms with Crippen LogP contribution >= 0.6 is 0 Å². The van der Waals surface area contributed by atoms with Crippen LogP contribution in [0.1, 0.15) is 19.8 Å². The molecule has 0 heterocycles. The third-order valence-electron chi connectivity index (χ3n) is 1.46. The van der Waals surface area contributed by atoms with E-state index in [0.29, 0.717) is 6.61 Å². The molecule has 0 aromatic heterocycles. The van der Waals surface area contributed by atoms with Crippen LogP contribution in [0.5, 0.6) is 0 Å². The van der Waals surface area contributed by atoms with Crippen LogP contribution < -0.4 is 0 Å². The second kappa shape index (κ2) is 1.80. The van der Waals surface area contributed by atoms with Gasteiger partial charge < -0.3 is 4.74 Å². The maximum atomic E-state index is 5.25. The lowest BCUT2D eigenvalue weighted by Gasteiger charge is -2.04. The van der Waals surface area contributed by atoms with E-state index < -0.39 is 0 Å². The van der Waals surface area contributed by atoms with Gasteiger partial charge in [-0.1, -0.05) is 5.92 Å². The highest BCUT2D eigenvalue weighted by Crippen LogP contribution is 2.38. The highest BCUT2D eigenvalue weighted by molar-refractivity contribution is 4.93. The van der Waals surface area contributed by atoms with Crippen molar-refractivity contribution < 1.29 is 4.74 Å². The number of terminal acetylenes is 1. The van der Waals surface area contributed by atoms with Gasteiger partial charge in [0.2, 0.25) is 0 Å². The SMILES string of the molecule is C#CCOC1(C)CC1. The van der Waals surface area contributed by atoms with E-state index in [9.17, 15) is 0 Å². The molecule has 0 aromatic rings. The van der Waals surface area contributed by atoms with Crippen molar-refractivity contribution in [2.24, 2.45) is 0 Å². The smallest absolute Gasteiger partial charge is 0.108 e. The average Bonchev–Trinajstić information content (AvgIpc) is 2.45. The summed E-state index contributed by atoms with van der Waals surface area (Å²) in [5.74, 6) is 2.44. The molecule has 0 unspecified atom stereocenters. The first kappa shape index (κ1) is 5.65. The maximum Gasteiger partial charge on any atom is 0.108 e. The molecule has 1 aliphatic rings. The molecule has 0 atom stereocenters. The van der Waals surface area contributed by atoms with Crippen LogP contribution in [0.2, 0.25) is 0 Å². The Morgan fingerprint density at radius 3 is 2.75 bits per heavy atom. The topological polar surface area (TPSA) is 9.23 Å². The number of hydrogen-bond acceptors (Lipinski definition) is 1. The van der Waals surface area contributed by atoms with E-state index in [1.807, 2.05) is 0 Å². The fraction of sp³-hybridized carbons (Fsp3) is 0.714. The van der Waals surface area contributed by atoms with Crippen LogP contribution in [0.4, 0.5) is 0 Å². The lowest BCUT2D eigenvalue weighted by atomic mass is 10.4. The molecule has 1 saturated carbocycles. The van der Waals surface area contributed by atoms with E-state index >= 15 is 0 Å². The summed E-state index contributed by atoms with van der Waals surface area (Å²) in [6.07, 6.45) is 7.34. The molecule has 1 heteroatoms. The van der Waals surface area contributed by atoms with Gasteiger partial charge in [0.15, 0.2) is 0 Å². The lowest BCUT2D eigenvalue weighted by molar-refractivity contribution is 0.0716. The maximum absolute atomic E-state index is 5.25. The van der Waals surface area contributed by atoms with Crippen LogP contribution in [-0.4, -0.2) is 12.2 Å². The second-order valence-corrected chi connectivity index (χ2v) is 2.44. The fourth-order valence-corrected chi connectivity index (χ4v) is 0.536. The van der Waals surface area contributed by atoms with Crippen molar-refractivity contribution in [1.29, 1.82) is 0 Å². The van der Waals surface area contributed by atoms with Gasteiger partial charge in [-0.3, -0.25) is 0 Å². The molecule has 0 spiro atoms. The summed E-state index contributed by atoms with van der Waals surface area (Å²) < 4.78 is 5.25. The van der Waals surface area contributed by atoms with Crippen LogP contribution in [0.25, 0.3) is 0 Å². The minimum Gasteiger partial charge on any atom is -0.363 e. The zero-order chi connectivity index (χ0) is 6.04. The quantitative estimate of drug-likeness (QED) is 0.485. The molecular weight excluding hydrogens is 100 g/mol. The molecule has 1 aliphatic carbocycles. The van der Waals surface area contributed by atoms with Gasteiger partial charge in [-0.15, -0.1) is 6.42 Å². The third-order valence-corrected chi connectivity index (χ3v) is 1.46. The van der Waals surface area contributed by atoms with Crippen molar-refractivity contribution >= 4 is 0 Å². The minimum atomic E-state index is 0.159. The Labute approximate surface area is 50.0 Å². The van der Waals surface area contributed by atoms with Crippen LogP contribution in [-0.2, 0) is 4.74 Å². The Bertz CT molecular complexity index is 117. The normalized spacial score (nSPS) is 22.0. The number of ether oxygens (including phenoxy) is 1. The Morgan fingerprint density at radius 2 is 2.38 bits per heavy atom. The zero-order valence-electron chi connectivity index (χ0n) is 5.11. The van der Waals surface area contributed by atoms with Gasteiger partial charge in [0.05, 0.1) is 5.60 Å². The lowest BCUT2D eigenvalue weighted by Crippen LogP contribution is -2.07. The first-order valence-corrected chi connectivity index (χ1v) is 2.84. The molecule has 1 rings (SSSR count). The summed E-state index contributed by atoms with van der Waals surface area (Å²) in [6.45, 7) is 2.56. The molecule has 44 valence electrons. The fourth-order valence-electron chi connectivity index (χ4n) is 0.536. The van der Waals surface area contributed by atoms with Gasteiger partial charge in [-0.25, -0.2) is 0 Å². The summed E-state index contributed by atoms with van der Waals surface area (Å²) >= 11 is 0. The van der Waals surface area contributed by atoms with Gasteiger partial charge in [0.1, 0.15) is 6.61 Å². The van der Waals surface area contributed by atoms with E-state index in [0.717, 1.165) is 0 Å². The molecular formula is C7H10O. The molecule has 0 radical (unpaired) electrons. The highest BCUT2D eigenvalue weighted by atomic mass is 16.5. The van der Waals surface area contributed by atoms with Gasteiger partial charge in [-0.05, 0) is 19.8 Å². The molecule has 1 nitrogen and oxygen atoms in total.